The predicted molar refractivity (Wildman–Crippen MR) is 78.5 cm³/mol. The van der Waals surface area contributed by atoms with E-state index in [0.29, 0.717) is 25.4 Å². The van der Waals surface area contributed by atoms with Gasteiger partial charge in [0.2, 0.25) is 5.91 Å². The summed E-state index contributed by atoms with van der Waals surface area (Å²) in [5.74, 6) is 0.197. The first-order chi connectivity index (χ1) is 9.29. The number of carbonyl (C=O) groups excluding carboxylic acids is 2. The largest absolute Gasteiger partial charge is 0.444 e. The molecule has 0 aromatic heterocycles. The number of amides is 2. The van der Waals surface area contributed by atoms with Crippen LogP contribution < -0.4 is 5.32 Å². The molecule has 1 aliphatic rings. The summed E-state index contributed by atoms with van der Waals surface area (Å²) in [7, 11) is 0. The third-order valence-electron chi connectivity index (χ3n) is 3.36. The topological polar surface area (TPSA) is 58.6 Å². The third-order valence-corrected chi connectivity index (χ3v) is 3.36. The SMILES string of the molecule is CC1CCCCN1C(=O)CCCNC(=O)OC(C)(C)C. The number of hydrogen-bond donors (Lipinski definition) is 1. The summed E-state index contributed by atoms with van der Waals surface area (Å²) in [5, 5.41) is 2.68. The molecule has 0 aromatic rings. The molecule has 0 bridgehead atoms. The Morgan fingerprint density at radius 3 is 2.60 bits per heavy atom. The Kier molecular flexibility index (Phi) is 6.30. The maximum atomic E-state index is 12.1. The van der Waals surface area contributed by atoms with Crippen molar-refractivity contribution >= 4 is 12.0 Å². The molecule has 0 radical (unpaired) electrons. The first-order valence-electron chi connectivity index (χ1n) is 7.56. The molecule has 0 saturated carbocycles. The highest BCUT2D eigenvalue weighted by molar-refractivity contribution is 5.76. The zero-order valence-electron chi connectivity index (χ0n) is 13.2. The quantitative estimate of drug-likeness (QED) is 0.807. The molecule has 1 saturated heterocycles. The van der Waals surface area contributed by atoms with Crippen molar-refractivity contribution in [2.24, 2.45) is 0 Å². The predicted octanol–water partition coefficient (Wildman–Crippen LogP) is 2.69. The van der Waals surface area contributed by atoms with E-state index in [1.165, 1.54) is 6.42 Å². The highest BCUT2D eigenvalue weighted by atomic mass is 16.6. The van der Waals surface area contributed by atoms with Gasteiger partial charge >= 0.3 is 6.09 Å². The van der Waals surface area contributed by atoms with E-state index in [1.54, 1.807) is 0 Å². The Balaban J connectivity index is 2.17. The molecule has 1 heterocycles. The van der Waals surface area contributed by atoms with E-state index in [2.05, 4.69) is 12.2 Å². The molecule has 116 valence electrons. The number of likely N-dealkylation sites (tertiary alicyclic amines) is 1. The number of nitrogens with zero attached hydrogens (tertiary/aromatic N) is 1. The number of nitrogens with one attached hydrogen (secondary N) is 1. The summed E-state index contributed by atoms with van der Waals surface area (Å²) in [6.45, 7) is 8.94. The lowest BCUT2D eigenvalue weighted by atomic mass is 10.0. The maximum absolute atomic E-state index is 12.1. The monoisotopic (exact) mass is 284 g/mol. The highest BCUT2D eigenvalue weighted by Gasteiger charge is 2.22. The molecule has 1 fully saturated rings. The molecular weight excluding hydrogens is 256 g/mol. The van der Waals surface area contributed by atoms with E-state index in [0.717, 1.165) is 19.4 Å². The zero-order chi connectivity index (χ0) is 15.2. The lowest BCUT2D eigenvalue weighted by Gasteiger charge is -2.33. The Hall–Kier alpha value is -1.26. The van der Waals surface area contributed by atoms with Crippen molar-refractivity contribution in [1.82, 2.24) is 10.2 Å². The van der Waals surface area contributed by atoms with Gasteiger partial charge in [-0.2, -0.15) is 0 Å². The number of hydrogen-bond acceptors (Lipinski definition) is 3. The van der Waals surface area contributed by atoms with Gasteiger partial charge < -0.3 is 15.0 Å². The summed E-state index contributed by atoms with van der Waals surface area (Å²) >= 11 is 0. The summed E-state index contributed by atoms with van der Waals surface area (Å²) in [5.41, 5.74) is -0.483. The van der Waals surface area contributed by atoms with Gasteiger partial charge in [0.15, 0.2) is 0 Å². The number of alkyl carbamates (subject to hydrolysis) is 1. The average Bonchev–Trinajstić information content (AvgIpc) is 2.33. The molecule has 20 heavy (non-hydrogen) atoms. The smallest absolute Gasteiger partial charge is 0.407 e. The molecule has 1 N–H and O–H groups in total. The van der Waals surface area contributed by atoms with Crippen LogP contribution in [0.15, 0.2) is 0 Å². The van der Waals surface area contributed by atoms with Crippen molar-refractivity contribution in [3.63, 3.8) is 0 Å². The van der Waals surface area contributed by atoms with Crippen LogP contribution >= 0.6 is 0 Å². The van der Waals surface area contributed by atoms with Gasteiger partial charge in [0.05, 0.1) is 0 Å². The maximum Gasteiger partial charge on any atom is 0.407 e. The van der Waals surface area contributed by atoms with Crippen molar-refractivity contribution in [3.8, 4) is 0 Å². The molecule has 5 nitrogen and oxygen atoms in total. The van der Waals surface area contributed by atoms with Crippen LogP contribution in [0.2, 0.25) is 0 Å². The lowest BCUT2D eigenvalue weighted by molar-refractivity contribution is -0.134. The molecule has 1 aliphatic heterocycles. The van der Waals surface area contributed by atoms with Gasteiger partial charge in [-0.05, 0) is 53.4 Å². The van der Waals surface area contributed by atoms with Gasteiger partial charge in [-0.15, -0.1) is 0 Å². The molecule has 5 heteroatoms. The number of carbonyl (C=O) groups is 2. The summed E-state index contributed by atoms with van der Waals surface area (Å²) in [6, 6.07) is 0.357. The van der Waals surface area contributed by atoms with Crippen LogP contribution in [-0.2, 0) is 9.53 Å². The van der Waals surface area contributed by atoms with E-state index < -0.39 is 11.7 Å². The van der Waals surface area contributed by atoms with Gasteiger partial charge in [-0.1, -0.05) is 0 Å². The minimum absolute atomic E-state index is 0.197. The standard InChI is InChI=1S/C15H28N2O3/c1-12-8-5-6-11-17(12)13(18)9-7-10-16-14(19)20-15(2,3)4/h12H,5-11H2,1-4H3,(H,16,19). The van der Waals surface area contributed by atoms with E-state index in [4.69, 9.17) is 4.74 Å². The van der Waals surface area contributed by atoms with Crippen LogP contribution in [-0.4, -0.2) is 41.6 Å². The molecular formula is C15H28N2O3. The zero-order valence-corrected chi connectivity index (χ0v) is 13.2. The van der Waals surface area contributed by atoms with Crippen LogP contribution in [0.4, 0.5) is 4.79 Å². The third kappa shape index (κ3) is 6.26. The Labute approximate surface area is 122 Å². The molecule has 2 amide bonds. The number of piperidine rings is 1. The molecule has 0 spiro atoms. The summed E-state index contributed by atoms with van der Waals surface area (Å²) in [4.78, 5) is 25.5. The first-order valence-corrected chi connectivity index (χ1v) is 7.56. The van der Waals surface area contributed by atoms with Crippen molar-refractivity contribution in [2.75, 3.05) is 13.1 Å². The van der Waals surface area contributed by atoms with E-state index in [1.807, 2.05) is 25.7 Å². The van der Waals surface area contributed by atoms with Crippen molar-refractivity contribution in [2.45, 2.75) is 71.4 Å². The fourth-order valence-corrected chi connectivity index (χ4v) is 2.36. The van der Waals surface area contributed by atoms with Gasteiger partial charge in [0.25, 0.3) is 0 Å². The fourth-order valence-electron chi connectivity index (χ4n) is 2.36. The van der Waals surface area contributed by atoms with E-state index >= 15 is 0 Å². The summed E-state index contributed by atoms with van der Waals surface area (Å²) in [6.07, 6.45) is 4.14. The summed E-state index contributed by atoms with van der Waals surface area (Å²) < 4.78 is 5.13. The van der Waals surface area contributed by atoms with E-state index in [-0.39, 0.29) is 5.91 Å². The second-order valence-corrected chi connectivity index (χ2v) is 6.46. The Morgan fingerprint density at radius 1 is 1.30 bits per heavy atom. The van der Waals surface area contributed by atoms with Crippen LogP contribution in [0.3, 0.4) is 0 Å². The first kappa shape index (κ1) is 16.8. The molecule has 1 unspecified atom stereocenters. The molecule has 1 rings (SSSR count). The molecule has 0 aliphatic carbocycles. The van der Waals surface area contributed by atoms with Crippen molar-refractivity contribution in [1.29, 1.82) is 0 Å². The van der Waals surface area contributed by atoms with Crippen molar-refractivity contribution < 1.29 is 14.3 Å². The average molecular weight is 284 g/mol. The lowest BCUT2D eigenvalue weighted by Crippen LogP contribution is -2.42. The number of ether oxygens (including phenoxy) is 1. The normalized spacial score (nSPS) is 19.6. The van der Waals surface area contributed by atoms with Crippen LogP contribution in [0, 0.1) is 0 Å². The Bertz CT molecular complexity index is 337. The second-order valence-electron chi connectivity index (χ2n) is 6.46. The fraction of sp³-hybridized carbons (Fsp3) is 0.867. The van der Waals surface area contributed by atoms with Gasteiger partial charge in [0.1, 0.15) is 5.60 Å². The molecule has 1 atom stereocenters. The van der Waals surface area contributed by atoms with Crippen LogP contribution in [0.1, 0.15) is 59.8 Å². The second kappa shape index (κ2) is 7.50. The minimum Gasteiger partial charge on any atom is -0.444 e. The van der Waals surface area contributed by atoms with Crippen LogP contribution in [0.5, 0.6) is 0 Å². The van der Waals surface area contributed by atoms with E-state index in [9.17, 15) is 9.59 Å². The Morgan fingerprint density at radius 2 is 2.00 bits per heavy atom. The molecule has 0 aromatic carbocycles. The minimum atomic E-state index is -0.483. The van der Waals surface area contributed by atoms with Crippen molar-refractivity contribution in [3.05, 3.63) is 0 Å². The number of rotatable bonds is 4. The van der Waals surface area contributed by atoms with Gasteiger partial charge in [-0.3, -0.25) is 4.79 Å². The highest BCUT2D eigenvalue weighted by Crippen LogP contribution is 2.17. The van der Waals surface area contributed by atoms with Crippen LogP contribution in [0.25, 0.3) is 0 Å². The van der Waals surface area contributed by atoms with Gasteiger partial charge in [-0.25, -0.2) is 4.79 Å². The van der Waals surface area contributed by atoms with Gasteiger partial charge in [0, 0.05) is 25.6 Å².